The van der Waals surface area contributed by atoms with Crippen molar-refractivity contribution in [2.45, 2.75) is 0 Å². The molecule has 0 aromatic heterocycles. The average Bonchev–Trinajstić information content (AvgIpc) is 1.49. The minimum atomic E-state index is -5.15. The molecule has 0 aliphatic heterocycles. The van der Waals surface area contributed by atoms with Crippen molar-refractivity contribution in [1.29, 1.82) is 0 Å². The molecule has 0 saturated heterocycles. The van der Waals surface area contributed by atoms with Gasteiger partial charge < -0.3 is 5.71 Å². The zero-order valence-corrected chi connectivity index (χ0v) is 12.5. The summed E-state index contributed by atoms with van der Waals surface area (Å²) in [6.07, 6.45) is -2.29. The molecule has 80 valence electrons. The van der Waals surface area contributed by atoms with Gasteiger partial charge in [0.1, 0.15) is 0 Å². The van der Waals surface area contributed by atoms with E-state index in [1.807, 2.05) is 0 Å². The molecular weight excluding hydrogens is 300 g/mol. The van der Waals surface area contributed by atoms with Crippen molar-refractivity contribution >= 4 is 102 Å². The molecule has 14 heavy (non-hydrogen) atoms. The topological polar surface area (TPSA) is 144 Å². The molecule has 0 fully saturated rings. The third-order valence-corrected chi connectivity index (χ3v) is 1.04. The minimum absolute atomic E-state index is 0. The summed E-state index contributed by atoms with van der Waals surface area (Å²) in [5.41, 5.74) is 0. The summed E-state index contributed by atoms with van der Waals surface area (Å²) < 4.78 is 60.1. The van der Waals surface area contributed by atoms with E-state index in [2.05, 4.69) is 8.37 Å². The average molecular weight is 306 g/mol. The van der Waals surface area contributed by atoms with Crippen molar-refractivity contribution < 1.29 is 44.8 Å². The van der Waals surface area contributed by atoms with E-state index in [4.69, 9.17) is 9.11 Å². The molecule has 0 aliphatic carbocycles. The molecule has 0 aromatic rings. The van der Waals surface area contributed by atoms with Gasteiger partial charge in [-0.05, 0) is 0 Å². The van der Waals surface area contributed by atoms with Crippen molar-refractivity contribution in [3.8, 4) is 0 Å². The van der Waals surface area contributed by atoms with Gasteiger partial charge in [0.15, 0.2) is 0 Å². The van der Waals surface area contributed by atoms with E-state index in [9.17, 15) is 21.6 Å². The summed E-state index contributed by atoms with van der Waals surface area (Å²) in [5.74, 6) is 0. The standard InChI is InChI=1S/CH2O9S2.2Ca.4H/c2-1(9-11(3,4)5)10-12(6,7)8;;;;;;/h(H,3,4,5)(H,6,7,8);;;;;;/q;2*+2;4*-1. The normalized spacial score (nSPS) is 10.4. The van der Waals surface area contributed by atoms with E-state index in [0.717, 1.165) is 0 Å². The molecule has 0 bridgehead atoms. The molecule has 0 aliphatic rings. The van der Waals surface area contributed by atoms with Crippen LogP contribution in [0.1, 0.15) is 5.71 Å². The summed E-state index contributed by atoms with van der Waals surface area (Å²) >= 11 is 0. The Bertz CT molecular complexity index is 341. The predicted octanol–water partition coefficient (Wildman–Crippen LogP) is -1.57. The van der Waals surface area contributed by atoms with Gasteiger partial charge in [0.2, 0.25) is 0 Å². The quantitative estimate of drug-likeness (QED) is 0.456. The van der Waals surface area contributed by atoms with E-state index in [0.29, 0.717) is 0 Å². The summed E-state index contributed by atoms with van der Waals surface area (Å²) in [4.78, 5) is 9.95. The molecule has 0 saturated carbocycles. The molecule has 0 spiro atoms. The Labute approximate surface area is 145 Å². The van der Waals surface area contributed by atoms with Crippen LogP contribution in [-0.4, -0.2) is 108 Å². The van der Waals surface area contributed by atoms with Crippen molar-refractivity contribution in [2.75, 3.05) is 0 Å². The first kappa shape index (κ1) is 21.0. The summed E-state index contributed by atoms with van der Waals surface area (Å²) in [5, 5.41) is 0. The van der Waals surface area contributed by atoms with Gasteiger partial charge in [-0.25, -0.2) is 4.79 Å². The predicted molar refractivity (Wildman–Crippen MR) is 46.6 cm³/mol. The number of hydrogen-bond acceptors (Lipinski definition) is 7. The van der Waals surface area contributed by atoms with E-state index in [-0.39, 0.29) is 81.2 Å². The number of carbonyl (C=O) groups is 1. The second kappa shape index (κ2) is 7.81. The molecule has 0 radical (unpaired) electrons. The molecule has 0 heterocycles. The third-order valence-electron chi connectivity index (χ3n) is 0.347. The van der Waals surface area contributed by atoms with Gasteiger partial charge in [0, 0.05) is 0 Å². The molecule has 0 amide bonds. The SMILES string of the molecule is O=C(OS(=O)(=O)O)OS(=O)(=O)O.[Ca+2].[Ca+2].[H-].[H-].[H-].[H-]. The molecule has 0 rings (SSSR count). The largest absolute Gasteiger partial charge is 2.00 e. The Morgan fingerprint density at radius 3 is 1.29 bits per heavy atom. The summed E-state index contributed by atoms with van der Waals surface area (Å²) in [6, 6.07) is 0. The van der Waals surface area contributed by atoms with Crippen LogP contribution in [0, 0.1) is 0 Å². The van der Waals surface area contributed by atoms with Crippen LogP contribution in [0.2, 0.25) is 0 Å². The van der Waals surface area contributed by atoms with Gasteiger partial charge in [-0.1, -0.05) is 0 Å². The maximum Gasteiger partial charge on any atom is 2.00 e. The molecule has 2 N–H and O–H groups in total. The van der Waals surface area contributed by atoms with Crippen LogP contribution in [0.5, 0.6) is 0 Å². The van der Waals surface area contributed by atoms with Crippen LogP contribution in [0.4, 0.5) is 4.79 Å². The smallest absolute Gasteiger partial charge is 1.00 e. The van der Waals surface area contributed by atoms with Gasteiger partial charge in [0.05, 0.1) is 0 Å². The molecule has 0 unspecified atom stereocenters. The first-order chi connectivity index (χ1) is 5.10. The second-order valence-electron chi connectivity index (χ2n) is 1.27. The molecule has 13 heteroatoms. The molecule has 0 atom stereocenters. The van der Waals surface area contributed by atoms with Crippen LogP contribution in [0.15, 0.2) is 0 Å². The van der Waals surface area contributed by atoms with Crippen LogP contribution < -0.4 is 0 Å². The molecular formula is CH6Ca2O9S2. The van der Waals surface area contributed by atoms with Gasteiger partial charge in [-0.3, -0.25) is 17.5 Å². The Morgan fingerprint density at radius 1 is 0.929 bits per heavy atom. The Morgan fingerprint density at radius 2 is 1.14 bits per heavy atom. The molecule has 0 aromatic carbocycles. The molecule has 9 nitrogen and oxygen atoms in total. The fraction of sp³-hybridized carbons (Fsp3) is 0. The monoisotopic (exact) mass is 306 g/mol. The van der Waals surface area contributed by atoms with Crippen LogP contribution >= 0.6 is 0 Å². The minimum Gasteiger partial charge on any atom is -1.00 e. The Kier molecular flexibility index (Phi) is 11.7. The fourth-order valence-electron chi connectivity index (χ4n) is 0.186. The van der Waals surface area contributed by atoms with E-state index >= 15 is 0 Å². The Balaban J connectivity index is -0.0000000403. The number of rotatable bonds is 2. The van der Waals surface area contributed by atoms with E-state index in [1.165, 1.54) is 0 Å². The van der Waals surface area contributed by atoms with Crippen molar-refractivity contribution in [1.82, 2.24) is 0 Å². The van der Waals surface area contributed by atoms with E-state index in [1.54, 1.807) is 0 Å². The zero-order chi connectivity index (χ0) is 9.99. The second-order valence-corrected chi connectivity index (χ2v) is 3.32. The fourth-order valence-corrected chi connectivity index (χ4v) is 0.641. The third kappa shape index (κ3) is 16.1. The Hall–Kier alpha value is 1.61. The van der Waals surface area contributed by atoms with Crippen LogP contribution in [0.3, 0.4) is 0 Å². The van der Waals surface area contributed by atoms with Crippen molar-refractivity contribution in [3.05, 3.63) is 0 Å². The zero-order valence-electron chi connectivity index (χ0n) is 10.5. The summed E-state index contributed by atoms with van der Waals surface area (Å²) in [6.45, 7) is 0. The van der Waals surface area contributed by atoms with E-state index < -0.39 is 27.0 Å². The maximum atomic E-state index is 9.95. The number of carbonyl (C=O) groups excluding carboxylic acids is 1. The van der Waals surface area contributed by atoms with Gasteiger partial charge in [0.25, 0.3) is 0 Å². The van der Waals surface area contributed by atoms with Crippen LogP contribution in [-0.2, 0) is 29.2 Å². The first-order valence-corrected chi connectivity index (χ1v) is 4.71. The summed E-state index contributed by atoms with van der Waals surface area (Å²) in [7, 11) is -10.3. The van der Waals surface area contributed by atoms with Gasteiger partial charge in [-0.2, -0.15) is 16.8 Å². The van der Waals surface area contributed by atoms with Gasteiger partial charge >= 0.3 is 102 Å². The van der Waals surface area contributed by atoms with Gasteiger partial charge in [-0.15, -0.1) is 0 Å². The van der Waals surface area contributed by atoms with Crippen molar-refractivity contribution in [2.24, 2.45) is 0 Å². The maximum absolute atomic E-state index is 9.95. The first-order valence-electron chi connectivity index (χ1n) is 1.98. The van der Waals surface area contributed by atoms with Crippen LogP contribution in [0.25, 0.3) is 0 Å². The number of hydrogen-bond donors (Lipinski definition) is 2. The van der Waals surface area contributed by atoms with Crippen molar-refractivity contribution in [3.63, 3.8) is 0 Å².